The maximum atomic E-state index is 6.20. The molecule has 0 aliphatic carbocycles. The van der Waals surface area contributed by atoms with E-state index in [0.717, 1.165) is 44.0 Å². The topological polar surface area (TPSA) is 18.5 Å². The quantitative estimate of drug-likeness (QED) is 0.0844. The molecule has 0 aliphatic heterocycles. The third kappa shape index (κ3) is 23.5. The van der Waals surface area contributed by atoms with E-state index < -0.39 is 0 Å². The molecule has 0 aliphatic rings. The molecule has 1 aromatic rings. The first-order valence-electron chi connectivity index (χ1n) is 18.2. The van der Waals surface area contributed by atoms with E-state index in [2.05, 4.69) is 39.0 Å². The molecule has 0 saturated carbocycles. The molecule has 0 radical (unpaired) electrons. The van der Waals surface area contributed by atoms with E-state index >= 15 is 0 Å². The molecule has 234 valence electrons. The Morgan fingerprint density at radius 1 is 0.350 bits per heavy atom. The monoisotopic (exact) mass is 559 g/mol. The molecule has 1 aromatic carbocycles. The van der Waals surface area contributed by atoms with Crippen LogP contribution in [0.3, 0.4) is 0 Å². The normalized spacial score (nSPS) is 11.3. The van der Waals surface area contributed by atoms with Gasteiger partial charge in [0, 0.05) is 6.07 Å². The van der Waals surface area contributed by atoms with Gasteiger partial charge in [-0.1, -0.05) is 168 Å². The lowest BCUT2D eigenvalue weighted by Gasteiger charge is -2.13. The van der Waals surface area contributed by atoms with Crippen LogP contribution >= 0.6 is 0 Å². The molecule has 0 atom stereocenters. The van der Waals surface area contributed by atoms with Crippen molar-refractivity contribution in [2.24, 2.45) is 0 Å². The van der Waals surface area contributed by atoms with Crippen molar-refractivity contribution in [1.82, 2.24) is 0 Å². The molecule has 0 unspecified atom stereocenters. The largest absolute Gasteiger partial charge is 0.493 e. The van der Waals surface area contributed by atoms with Crippen LogP contribution in [-0.4, -0.2) is 13.2 Å². The predicted molar refractivity (Wildman–Crippen MR) is 178 cm³/mol. The van der Waals surface area contributed by atoms with Crippen LogP contribution < -0.4 is 9.47 Å². The van der Waals surface area contributed by atoms with E-state index in [4.69, 9.17) is 9.47 Å². The molecule has 0 heterocycles. The molecule has 40 heavy (non-hydrogen) atoms. The highest BCUT2D eigenvalue weighted by Gasteiger charge is 2.05. The predicted octanol–water partition coefficient (Wildman–Crippen LogP) is 13.2. The van der Waals surface area contributed by atoms with Crippen molar-refractivity contribution in [3.05, 3.63) is 23.8 Å². The lowest BCUT2D eigenvalue weighted by atomic mass is 10.1. The molecule has 0 aromatic heterocycles. The lowest BCUT2D eigenvalue weighted by Crippen LogP contribution is -2.01. The van der Waals surface area contributed by atoms with Gasteiger partial charge in [-0.2, -0.15) is 0 Å². The van der Waals surface area contributed by atoms with E-state index in [1.54, 1.807) is 0 Å². The summed E-state index contributed by atoms with van der Waals surface area (Å²) in [7, 11) is 0. The minimum absolute atomic E-state index is 0.826. The van der Waals surface area contributed by atoms with Gasteiger partial charge < -0.3 is 9.47 Å². The summed E-state index contributed by atoms with van der Waals surface area (Å²) in [6.45, 7) is 8.50. The Kier molecular flexibility index (Phi) is 27.0. The molecular formula is C38H70O2. The summed E-state index contributed by atoms with van der Waals surface area (Å²) in [5.74, 6) is 2.00. The Hall–Kier alpha value is -1.18. The number of rotatable bonds is 31. The molecular weight excluding hydrogens is 488 g/mol. The van der Waals surface area contributed by atoms with E-state index in [0.29, 0.717) is 0 Å². The van der Waals surface area contributed by atoms with Crippen LogP contribution in [0.4, 0.5) is 0 Å². The second kappa shape index (κ2) is 29.3. The van der Waals surface area contributed by atoms with E-state index in [1.807, 2.05) is 0 Å². The van der Waals surface area contributed by atoms with Gasteiger partial charge in [0.15, 0.2) is 0 Å². The fourth-order valence-corrected chi connectivity index (χ4v) is 5.59. The van der Waals surface area contributed by atoms with Gasteiger partial charge in [0.1, 0.15) is 11.5 Å². The lowest BCUT2D eigenvalue weighted by molar-refractivity contribution is 0.289. The highest BCUT2D eigenvalue weighted by atomic mass is 16.5. The maximum Gasteiger partial charge on any atom is 0.123 e. The average Bonchev–Trinajstić information content (AvgIpc) is 2.96. The highest BCUT2D eigenvalue weighted by Crippen LogP contribution is 2.25. The third-order valence-corrected chi connectivity index (χ3v) is 8.29. The van der Waals surface area contributed by atoms with Crippen molar-refractivity contribution in [2.45, 2.75) is 194 Å². The Labute approximate surface area is 251 Å². The number of unbranched alkanes of at least 4 members (excludes halogenated alkanes) is 23. The van der Waals surface area contributed by atoms with Crippen molar-refractivity contribution in [3.8, 4) is 11.5 Å². The van der Waals surface area contributed by atoms with Gasteiger partial charge in [-0.3, -0.25) is 0 Å². The number of hydrogen-bond acceptors (Lipinski definition) is 2. The van der Waals surface area contributed by atoms with Crippen molar-refractivity contribution >= 4 is 0 Å². The Morgan fingerprint density at radius 3 is 0.975 bits per heavy atom. The molecule has 2 nitrogen and oxygen atoms in total. The van der Waals surface area contributed by atoms with Gasteiger partial charge in [0.05, 0.1) is 13.2 Å². The van der Waals surface area contributed by atoms with E-state index in [9.17, 15) is 0 Å². The van der Waals surface area contributed by atoms with Crippen LogP contribution in [0.1, 0.15) is 193 Å². The second-order valence-corrected chi connectivity index (χ2v) is 12.4. The molecule has 1 rings (SSSR count). The minimum atomic E-state index is 0.826. The average molecular weight is 559 g/mol. The summed E-state index contributed by atoms with van der Waals surface area (Å²) in [4.78, 5) is 0. The van der Waals surface area contributed by atoms with Gasteiger partial charge in [0.25, 0.3) is 0 Å². The Morgan fingerprint density at radius 2 is 0.650 bits per heavy atom. The van der Waals surface area contributed by atoms with Gasteiger partial charge >= 0.3 is 0 Å². The zero-order chi connectivity index (χ0) is 28.8. The number of hydrogen-bond donors (Lipinski definition) is 0. The Balaban J connectivity index is 2.14. The summed E-state index contributed by atoms with van der Waals surface area (Å²) in [6.07, 6.45) is 36.6. The highest BCUT2D eigenvalue weighted by molar-refractivity contribution is 5.38. The van der Waals surface area contributed by atoms with E-state index in [1.165, 1.54) is 160 Å². The van der Waals surface area contributed by atoms with Crippen molar-refractivity contribution in [2.75, 3.05) is 13.2 Å². The minimum Gasteiger partial charge on any atom is -0.493 e. The van der Waals surface area contributed by atoms with Crippen LogP contribution in [0.15, 0.2) is 18.2 Å². The first kappa shape index (κ1) is 36.8. The molecule has 0 amide bonds. The molecule has 2 heteroatoms. The van der Waals surface area contributed by atoms with Crippen LogP contribution in [-0.2, 0) is 6.42 Å². The summed E-state index contributed by atoms with van der Waals surface area (Å²) < 4.78 is 12.4. The first-order chi connectivity index (χ1) is 19.8. The summed E-state index contributed by atoms with van der Waals surface area (Å²) >= 11 is 0. The summed E-state index contributed by atoms with van der Waals surface area (Å²) in [5, 5.41) is 0. The SMILES string of the molecule is CCCCCCCCCCCCCCOc1cc(CCCC)cc(OCCCCCCCCCCCCCC)c1. The molecule has 0 spiro atoms. The van der Waals surface area contributed by atoms with Crippen LogP contribution in [0.5, 0.6) is 11.5 Å². The molecule has 0 saturated heterocycles. The molecule has 0 N–H and O–H groups in total. The van der Waals surface area contributed by atoms with Crippen molar-refractivity contribution in [1.29, 1.82) is 0 Å². The fraction of sp³-hybridized carbons (Fsp3) is 0.842. The van der Waals surface area contributed by atoms with Crippen molar-refractivity contribution < 1.29 is 9.47 Å². The van der Waals surface area contributed by atoms with Gasteiger partial charge in [-0.15, -0.1) is 0 Å². The van der Waals surface area contributed by atoms with Gasteiger partial charge in [0.2, 0.25) is 0 Å². The van der Waals surface area contributed by atoms with Crippen LogP contribution in [0.25, 0.3) is 0 Å². The number of aryl methyl sites for hydroxylation is 1. The standard InChI is InChI=1S/C38H70O2/c1-4-7-10-12-14-16-18-20-22-24-26-28-31-39-37-33-36(30-9-6-3)34-38(35-37)40-32-29-27-25-23-21-19-17-15-13-11-8-5-2/h33-35H,4-32H2,1-3H3. The summed E-state index contributed by atoms with van der Waals surface area (Å²) in [5.41, 5.74) is 1.36. The molecule has 0 bridgehead atoms. The fourth-order valence-electron chi connectivity index (χ4n) is 5.59. The third-order valence-electron chi connectivity index (χ3n) is 8.29. The van der Waals surface area contributed by atoms with Crippen LogP contribution in [0.2, 0.25) is 0 Å². The smallest absolute Gasteiger partial charge is 0.123 e. The Bertz CT molecular complexity index is 592. The zero-order valence-corrected chi connectivity index (χ0v) is 27.6. The molecule has 0 fully saturated rings. The second-order valence-electron chi connectivity index (χ2n) is 12.4. The number of ether oxygens (including phenoxy) is 2. The van der Waals surface area contributed by atoms with Gasteiger partial charge in [-0.25, -0.2) is 0 Å². The van der Waals surface area contributed by atoms with Crippen LogP contribution in [0, 0.1) is 0 Å². The summed E-state index contributed by atoms with van der Waals surface area (Å²) in [6, 6.07) is 6.61. The zero-order valence-electron chi connectivity index (χ0n) is 27.6. The van der Waals surface area contributed by atoms with E-state index in [-0.39, 0.29) is 0 Å². The first-order valence-corrected chi connectivity index (χ1v) is 18.2. The van der Waals surface area contributed by atoms with Crippen molar-refractivity contribution in [3.63, 3.8) is 0 Å². The van der Waals surface area contributed by atoms with Gasteiger partial charge in [-0.05, 0) is 43.4 Å². The maximum absolute atomic E-state index is 6.20. The number of benzene rings is 1.